The van der Waals surface area contributed by atoms with Gasteiger partial charge in [0.25, 0.3) is 5.91 Å². The summed E-state index contributed by atoms with van der Waals surface area (Å²) in [4.78, 5) is 17.7. The largest absolute Gasteiger partial charge is 0.493 e. The number of para-hydroxylation sites is 1. The van der Waals surface area contributed by atoms with E-state index in [1.54, 1.807) is 30.0 Å². The Kier molecular flexibility index (Phi) is 7.36. The van der Waals surface area contributed by atoms with Crippen LogP contribution >= 0.6 is 22.2 Å². The Bertz CT molecular complexity index is 1460. The molecule has 0 aliphatic carbocycles. The number of rotatable bonds is 6. The lowest BCUT2D eigenvalue weighted by atomic mass is 10.0. The molecule has 1 amide bonds. The van der Waals surface area contributed by atoms with Crippen LogP contribution in [0, 0.1) is 0 Å². The van der Waals surface area contributed by atoms with E-state index < -0.39 is 25.7 Å². The summed E-state index contributed by atoms with van der Waals surface area (Å²) in [5.41, 5.74) is 1.28. The second-order valence-electron chi connectivity index (χ2n) is 9.20. The van der Waals surface area contributed by atoms with Crippen LogP contribution in [0.5, 0.6) is 5.75 Å². The Labute approximate surface area is 229 Å². The number of benzene rings is 3. The first-order chi connectivity index (χ1) is 18.1. The number of fused-ring (bicyclic) bond motifs is 1. The molecule has 0 radical (unpaired) electrons. The topological polar surface area (TPSA) is 107 Å². The molecule has 0 aromatic heterocycles. The molecule has 1 atom stereocenters. The minimum Gasteiger partial charge on any atom is -0.493 e. The SMILES string of the molecule is CCOc1c(C(=O)N2CCN(c3ccccc3Cl)CC2)ccc2c1C(S(=O)(=O)c1ccccc1)CS2(O)O. The fraction of sp³-hybridized carbons (Fsp3) is 0.296. The lowest BCUT2D eigenvalue weighted by Gasteiger charge is -2.37. The highest BCUT2D eigenvalue weighted by molar-refractivity contribution is 8.25. The highest BCUT2D eigenvalue weighted by atomic mass is 35.5. The number of hydrogen-bond donors (Lipinski definition) is 2. The highest BCUT2D eigenvalue weighted by Crippen LogP contribution is 2.63. The van der Waals surface area contributed by atoms with Crippen LogP contribution in [-0.4, -0.2) is 66.9 Å². The maximum absolute atomic E-state index is 13.7. The molecule has 3 aromatic rings. The second kappa shape index (κ2) is 10.4. The second-order valence-corrected chi connectivity index (χ2v) is 13.8. The van der Waals surface area contributed by atoms with Gasteiger partial charge < -0.3 is 14.5 Å². The van der Waals surface area contributed by atoms with Gasteiger partial charge in [-0.05, 0) is 43.3 Å². The van der Waals surface area contributed by atoms with Crippen molar-refractivity contribution in [3.8, 4) is 5.75 Å². The van der Waals surface area contributed by atoms with Gasteiger partial charge >= 0.3 is 0 Å². The van der Waals surface area contributed by atoms with Crippen molar-refractivity contribution >= 4 is 43.6 Å². The highest BCUT2D eigenvalue weighted by Gasteiger charge is 2.46. The molecule has 2 aliphatic heterocycles. The molecule has 5 rings (SSSR count). The van der Waals surface area contributed by atoms with Gasteiger partial charge in [0.2, 0.25) is 0 Å². The smallest absolute Gasteiger partial charge is 0.257 e. The summed E-state index contributed by atoms with van der Waals surface area (Å²) >= 11 is 6.35. The lowest BCUT2D eigenvalue weighted by Crippen LogP contribution is -2.49. The molecule has 202 valence electrons. The van der Waals surface area contributed by atoms with Crippen molar-refractivity contribution in [3.63, 3.8) is 0 Å². The number of nitrogens with zero attached hydrogens (tertiary/aromatic N) is 2. The molecule has 8 nitrogen and oxygen atoms in total. The molecule has 3 aromatic carbocycles. The zero-order valence-corrected chi connectivity index (χ0v) is 23.2. The monoisotopic (exact) mass is 576 g/mol. The van der Waals surface area contributed by atoms with Crippen molar-refractivity contribution in [2.75, 3.05) is 43.4 Å². The summed E-state index contributed by atoms with van der Waals surface area (Å²) in [6, 6.07) is 18.4. The van der Waals surface area contributed by atoms with Crippen molar-refractivity contribution in [1.82, 2.24) is 4.90 Å². The average Bonchev–Trinajstić information content (AvgIpc) is 3.21. The summed E-state index contributed by atoms with van der Waals surface area (Å²) in [6.45, 7) is 3.95. The van der Waals surface area contributed by atoms with Gasteiger partial charge in [-0.2, -0.15) is 10.6 Å². The molecule has 1 unspecified atom stereocenters. The standard InChI is InChI=1S/C27H29ClN2O6S2/c1-2-36-26-20(27(31)30-16-14-29(15-17-30)22-11-7-6-10-21(22)28)12-13-23-25(26)24(18-37(23,32)33)38(34,35)19-8-4-3-5-9-19/h3-13,24,32-33H,2,14-18H2,1H3. The normalized spacial score (nSPS) is 19.6. The molecule has 38 heavy (non-hydrogen) atoms. The minimum atomic E-state index is -4.00. The minimum absolute atomic E-state index is 0.0722. The van der Waals surface area contributed by atoms with Crippen LogP contribution in [0.2, 0.25) is 5.02 Å². The maximum atomic E-state index is 13.7. The van der Waals surface area contributed by atoms with Gasteiger partial charge in [0.15, 0.2) is 9.84 Å². The molecule has 0 spiro atoms. The van der Waals surface area contributed by atoms with Crippen molar-refractivity contribution in [1.29, 1.82) is 0 Å². The van der Waals surface area contributed by atoms with Crippen molar-refractivity contribution < 1.29 is 27.1 Å². The third kappa shape index (κ3) is 4.76. The fourth-order valence-corrected chi connectivity index (χ4v) is 9.74. The molecule has 2 aliphatic rings. The number of halogens is 1. The summed E-state index contributed by atoms with van der Waals surface area (Å²) in [7, 11) is -7.40. The van der Waals surface area contributed by atoms with Crippen molar-refractivity contribution in [3.05, 3.63) is 82.9 Å². The molecular weight excluding hydrogens is 548 g/mol. The van der Waals surface area contributed by atoms with Crippen LogP contribution in [-0.2, 0) is 9.84 Å². The Morgan fingerprint density at radius 1 is 1.00 bits per heavy atom. The molecule has 1 saturated heterocycles. The van der Waals surface area contributed by atoms with E-state index in [9.17, 15) is 22.3 Å². The third-order valence-corrected chi connectivity index (χ3v) is 11.4. The Morgan fingerprint density at radius 3 is 2.32 bits per heavy atom. The zero-order valence-electron chi connectivity index (χ0n) is 20.8. The van der Waals surface area contributed by atoms with Gasteiger partial charge in [-0.15, -0.1) is 0 Å². The van der Waals surface area contributed by atoms with E-state index in [0.717, 1.165) is 5.69 Å². The first-order valence-corrected chi connectivity index (χ1v) is 15.9. The molecule has 2 N–H and O–H groups in total. The fourth-order valence-electron chi connectivity index (χ4n) is 5.07. The average molecular weight is 577 g/mol. The number of anilines is 1. The number of carbonyl (C=O) groups is 1. The van der Waals surface area contributed by atoms with Crippen LogP contribution in [0.3, 0.4) is 0 Å². The molecule has 2 heterocycles. The lowest BCUT2D eigenvalue weighted by molar-refractivity contribution is 0.0742. The van der Waals surface area contributed by atoms with Crippen molar-refractivity contribution in [2.45, 2.75) is 22.0 Å². The molecule has 0 saturated carbocycles. The van der Waals surface area contributed by atoms with Gasteiger partial charge in [-0.3, -0.25) is 13.9 Å². The predicted molar refractivity (Wildman–Crippen MR) is 150 cm³/mol. The zero-order chi connectivity index (χ0) is 27.1. The summed E-state index contributed by atoms with van der Waals surface area (Å²) < 4.78 is 54.9. The van der Waals surface area contributed by atoms with Crippen LogP contribution in [0.25, 0.3) is 0 Å². The van der Waals surface area contributed by atoms with Crippen LogP contribution in [0.15, 0.2) is 76.5 Å². The van der Waals surface area contributed by atoms with E-state index in [1.807, 2.05) is 24.3 Å². The first kappa shape index (κ1) is 26.8. The number of hydrogen-bond acceptors (Lipinski definition) is 7. The number of ether oxygens (including phenoxy) is 1. The number of carbonyl (C=O) groups excluding carboxylic acids is 1. The van der Waals surface area contributed by atoms with E-state index >= 15 is 0 Å². The molecular formula is C27H29ClN2O6S2. The van der Waals surface area contributed by atoms with Crippen LogP contribution in [0.1, 0.15) is 28.1 Å². The summed E-state index contributed by atoms with van der Waals surface area (Å²) in [5.74, 6) is -0.576. The van der Waals surface area contributed by atoms with E-state index in [1.165, 1.54) is 24.3 Å². The summed E-state index contributed by atoms with van der Waals surface area (Å²) in [5, 5.41) is -0.606. The first-order valence-electron chi connectivity index (χ1n) is 12.3. The summed E-state index contributed by atoms with van der Waals surface area (Å²) in [6.07, 6.45) is 0. The van der Waals surface area contributed by atoms with Crippen molar-refractivity contribution in [2.24, 2.45) is 0 Å². The van der Waals surface area contributed by atoms with Gasteiger partial charge in [0.1, 0.15) is 11.0 Å². The quantitative estimate of drug-likeness (QED) is 0.408. The Morgan fingerprint density at radius 2 is 1.66 bits per heavy atom. The van der Waals surface area contributed by atoms with Crippen LogP contribution in [0.4, 0.5) is 5.69 Å². The Hall–Kier alpha value is -2.76. The number of piperazine rings is 1. The van der Waals surface area contributed by atoms with E-state index in [0.29, 0.717) is 31.2 Å². The predicted octanol–water partition coefficient (Wildman–Crippen LogP) is 5.34. The van der Waals surface area contributed by atoms with E-state index in [4.69, 9.17) is 16.3 Å². The Balaban J connectivity index is 1.50. The third-order valence-electron chi connectivity index (χ3n) is 6.94. The molecule has 1 fully saturated rings. The van der Waals surface area contributed by atoms with E-state index in [2.05, 4.69) is 4.90 Å². The molecule has 0 bridgehead atoms. The van der Waals surface area contributed by atoms with Gasteiger partial charge in [-0.1, -0.05) is 41.9 Å². The van der Waals surface area contributed by atoms with Gasteiger partial charge in [-0.25, -0.2) is 8.42 Å². The number of sulfone groups is 1. The van der Waals surface area contributed by atoms with Crippen LogP contribution < -0.4 is 9.64 Å². The number of amides is 1. The van der Waals surface area contributed by atoms with Gasteiger partial charge in [0.05, 0.1) is 38.4 Å². The van der Waals surface area contributed by atoms with E-state index in [-0.39, 0.29) is 44.9 Å². The molecule has 11 heteroatoms. The maximum Gasteiger partial charge on any atom is 0.257 e. The van der Waals surface area contributed by atoms with Gasteiger partial charge in [0, 0.05) is 31.7 Å².